The van der Waals surface area contributed by atoms with Gasteiger partial charge in [0.25, 0.3) is 0 Å². The van der Waals surface area contributed by atoms with Gasteiger partial charge in [-0.25, -0.2) is 4.98 Å². The van der Waals surface area contributed by atoms with Gasteiger partial charge in [0.05, 0.1) is 18.4 Å². The van der Waals surface area contributed by atoms with E-state index in [1.54, 1.807) is 12.3 Å². The third-order valence-corrected chi connectivity index (χ3v) is 2.16. The van der Waals surface area contributed by atoms with Crippen LogP contribution in [0, 0.1) is 0 Å². The molecule has 0 spiro atoms. The number of carbonyl (C=O) groups excluding carboxylic acids is 1. The summed E-state index contributed by atoms with van der Waals surface area (Å²) in [5.41, 5.74) is 6.43. The molecule has 0 bridgehead atoms. The number of ketones is 1. The lowest BCUT2D eigenvalue weighted by molar-refractivity contribution is -0.116. The number of nitrogens with zero attached hydrogens (tertiary/aromatic N) is 2. The van der Waals surface area contributed by atoms with Gasteiger partial charge in [-0.2, -0.15) is 0 Å². The lowest BCUT2D eigenvalue weighted by Gasteiger charge is -2.15. The van der Waals surface area contributed by atoms with Gasteiger partial charge in [-0.3, -0.25) is 4.79 Å². The van der Waals surface area contributed by atoms with E-state index < -0.39 is 0 Å². The Morgan fingerprint density at radius 3 is 2.85 bits per heavy atom. The molecular weight excluding hydrogens is 166 g/mol. The van der Waals surface area contributed by atoms with Crippen molar-refractivity contribution in [1.82, 2.24) is 4.98 Å². The minimum absolute atomic E-state index is 0.289. The normalized spacial score (nSPS) is 16.6. The fourth-order valence-corrected chi connectivity index (χ4v) is 1.44. The summed E-state index contributed by atoms with van der Waals surface area (Å²) in [6.07, 6.45) is 2.35. The Morgan fingerprint density at radius 1 is 1.46 bits per heavy atom. The van der Waals surface area contributed by atoms with Gasteiger partial charge in [-0.1, -0.05) is 0 Å². The van der Waals surface area contributed by atoms with E-state index >= 15 is 0 Å². The first kappa shape index (κ1) is 8.04. The number of carbonyl (C=O) groups is 1. The molecule has 1 aliphatic rings. The molecule has 13 heavy (non-hydrogen) atoms. The van der Waals surface area contributed by atoms with E-state index in [0.29, 0.717) is 18.8 Å². The number of rotatable bonds is 1. The quantitative estimate of drug-likeness (QED) is 0.676. The number of hydrogen-bond donors (Lipinski definition) is 1. The fraction of sp³-hybridized carbons (Fsp3) is 0.333. The standard InChI is InChI=1S/C9H11N3O/c10-9-2-1-7(5-11-9)12-4-3-8(13)6-12/h1-2,5H,3-4,6H2,(H2,10,11). The molecule has 0 amide bonds. The zero-order chi connectivity index (χ0) is 9.26. The monoisotopic (exact) mass is 177 g/mol. The summed E-state index contributed by atoms with van der Waals surface area (Å²) in [6.45, 7) is 1.30. The van der Waals surface area contributed by atoms with Crippen LogP contribution in [0.3, 0.4) is 0 Å². The summed E-state index contributed by atoms with van der Waals surface area (Å²) >= 11 is 0. The van der Waals surface area contributed by atoms with Crippen LogP contribution < -0.4 is 10.6 Å². The van der Waals surface area contributed by atoms with Crippen molar-refractivity contribution in [3.63, 3.8) is 0 Å². The van der Waals surface area contributed by atoms with E-state index in [2.05, 4.69) is 4.98 Å². The van der Waals surface area contributed by atoms with Crippen molar-refractivity contribution in [3.8, 4) is 0 Å². The van der Waals surface area contributed by atoms with Gasteiger partial charge in [0.2, 0.25) is 0 Å². The van der Waals surface area contributed by atoms with Crippen LogP contribution in [-0.4, -0.2) is 23.9 Å². The molecule has 0 radical (unpaired) electrons. The molecule has 0 aliphatic carbocycles. The summed E-state index contributed by atoms with van der Waals surface area (Å²) in [4.78, 5) is 17.0. The summed E-state index contributed by atoms with van der Waals surface area (Å²) in [5, 5.41) is 0. The minimum Gasteiger partial charge on any atom is -0.384 e. The van der Waals surface area contributed by atoms with Crippen molar-refractivity contribution in [2.75, 3.05) is 23.7 Å². The summed E-state index contributed by atoms with van der Waals surface area (Å²) < 4.78 is 0. The number of hydrogen-bond acceptors (Lipinski definition) is 4. The lowest BCUT2D eigenvalue weighted by atomic mass is 10.4. The number of pyridine rings is 1. The maximum atomic E-state index is 11.0. The average Bonchev–Trinajstić information content (AvgIpc) is 2.53. The van der Waals surface area contributed by atoms with Gasteiger partial charge in [-0.15, -0.1) is 0 Å². The highest BCUT2D eigenvalue weighted by molar-refractivity contribution is 5.87. The number of aromatic nitrogens is 1. The van der Waals surface area contributed by atoms with Crippen LogP contribution in [0.2, 0.25) is 0 Å². The van der Waals surface area contributed by atoms with Crippen molar-refractivity contribution in [1.29, 1.82) is 0 Å². The maximum absolute atomic E-state index is 11.0. The van der Waals surface area contributed by atoms with Crippen molar-refractivity contribution in [2.24, 2.45) is 0 Å². The molecule has 1 saturated heterocycles. The summed E-state index contributed by atoms with van der Waals surface area (Å²) in [7, 11) is 0. The molecule has 1 aliphatic heterocycles. The summed E-state index contributed by atoms with van der Waals surface area (Å²) in [5.74, 6) is 0.797. The Labute approximate surface area is 76.4 Å². The molecule has 2 rings (SSSR count). The third-order valence-electron chi connectivity index (χ3n) is 2.16. The highest BCUT2D eigenvalue weighted by atomic mass is 16.1. The number of nitrogen functional groups attached to an aromatic ring is 1. The van der Waals surface area contributed by atoms with Crippen LogP contribution in [0.5, 0.6) is 0 Å². The van der Waals surface area contributed by atoms with Crippen LogP contribution in [0.15, 0.2) is 18.3 Å². The van der Waals surface area contributed by atoms with E-state index in [4.69, 9.17) is 5.73 Å². The second kappa shape index (κ2) is 3.05. The minimum atomic E-state index is 0.289. The highest BCUT2D eigenvalue weighted by Crippen LogP contribution is 2.17. The largest absolute Gasteiger partial charge is 0.384 e. The third kappa shape index (κ3) is 1.61. The maximum Gasteiger partial charge on any atom is 0.153 e. The number of Topliss-reactive ketones (excluding diaryl/α,β-unsaturated/α-hetero) is 1. The molecule has 4 heteroatoms. The van der Waals surface area contributed by atoms with E-state index in [0.717, 1.165) is 12.2 Å². The number of anilines is 2. The Kier molecular flexibility index (Phi) is 1.88. The molecule has 4 nitrogen and oxygen atoms in total. The lowest BCUT2D eigenvalue weighted by Crippen LogP contribution is -2.19. The van der Waals surface area contributed by atoms with E-state index in [1.807, 2.05) is 11.0 Å². The van der Waals surface area contributed by atoms with E-state index in [9.17, 15) is 4.79 Å². The van der Waals surface area contributed by atoms with Crippen LogP contribution in [0.25, 0.3) is 0 Å². The van der Waals surface area contributed by atoms with E-state index in [1.165, 1.54) is 0 Å². The van der Waals surface area contributed by atoms with Gasteiger partial charge in [0.15, 0.2) is 5.78 Å². The Hall–Kier alpha value is -1.58. The molecule has 0 atom stereocenters. The fourth-order valence-electron chi connectivity index (χ4n) is 1.44. The van der Waals surface area contributed by atoms with Crippen LogP contribution in [0.1, 0.15) is 6.42 Å². The zero-order valence-corrected chi connectivity index (χ0v) is 7.23. The number of nitrogens with two attached hydrogens (primary N) is 1. The first-order chi connectivity index (χ1) is 6.25. The predicted molar refractivity (Wildman–Crippen MR) is 50.5 cm³/mol. The van der Waals surface area contributed by atoms with E-state index in [-0.39, 0.29) is 5.78 Å². The molecule has 1 fully saturated rings. The van der Waals surface area contributed by atoms with Gasteiger partial charge in [0.1, 0.15) is 5.82 Å². The molecule has 1 aromatic rings. The molecule has 2 N–H and O–H groups in total. The topological polar surface area (TPSA) is 59.2 Å². The van der Waals surface area contributed by atoms with Gasteiger partial charge in [0, 0.05) is 13.0 Å². The van der Waals surface area contributed by atoms with Crippen molar-refractivity contribution >= 4 is 17.3 Å². The van der Waals surface area contributed by atoms with Gasteiger partial charge in [-0.05, 0) is 12.1 Å². The summed E-state index contributed by atoms with van der Waals surface area (Å²) in [6, 6.07) is 3.64. The van der Waals surface area contributed by atoms with Gasteiger partial charge < -0.3 is 10.6 Å². The molecule has 0 unspecified atom stereocenters. The predicted octanol–water partition coefficient (Wildman–Crippen LogP) is 0.443. The second-order valence-corrected chi connectivity index (χ2v) is 3.15. The molecule has 68 valence electrons. The average molecular weight is 177 g/mol. The molecule has 0 aromatic carbocycles. The smallest absolute Gasteiger partial charge is 0.153 e. The van der Waals surface area contributed by atoms with Crippen molar-refractivity contribution < 1.29 is 4.79 Å². The second-order valence-electron chi connectivity index (χ2n) is 3.15. The van der Waals surface area contributed by atoms with Crippen LogP contribution >= 0.6 is 0 Å². The van der Waals surface area contributed by atoms with Gasteiger partial charge >= 0.3 is 0 Å². The van der Waals surface area contributed by atoms with Crippen LogP contribution in [0.4, 0.5) is 11.5 Å². The highest BCUT2D eigenvalue weighted by Gasteiger charge is 2.19. The molecule has 0 saturated carbocycles. The SMILES string of the molecule is Nc1ccc(N2CCC(=O)C2)cn1. The molecular formula is C9H11N3O. The Bertz CT molecular complexity index is 320. The van der Waals surface area contributed by atoms with Crippen molar-refractivity contribution in [3.05, 3.63) is 18.3 Å². The zero-order valence-electron chi connectivity index (χ0n) is 7.23. The van der Waals surface area contributed by atoms with Crippen LogP contribution in [-0.2, 0) is 4.79 Å². The first-order valence-electron chi connectivity index (χ1n) is 4.24. The molecule has 2 heterocycles. The van der Waals surface area contributed by atoms with Crippen molar-refractivity contribution in [2.45, 2.75) is 6.42 Å². The first-order valence-corrected chi connectivity index (χ1v) is 4.24. The Balaban J connectivity index is 2.17. The Morgan fingerprint density at radius 2 is 2.31 bits per heavy atom. The molecule has 1 aromatic heterocycles.